The summed E-state index contributed by atoms with van der Waals surface area (Å²) in [6.07, 6.45) is 5.35. The van der Waals surface area contributed by atoms with Gasteiger partial charge >= 0.3 is 0 Å². The van der Waals surface area contributed by atoms with Gasteiger partial charge in [-0.3, -0.25) is 24.3 Å². The van der Waals surface area contributed by atoms with E-state index in [0.29, 0.717) is 39.4 Å². The number of carbonyl (C=O) groups is 2. The van der Waals surface area contributed by atoms with Gasteiger partial charge in [-0.2, -0.15) is 0 Å². The Kier molecular flexibility index (Phi) is 6.87. The third kappa shape index (κ3) is 4.63. The summed E-state index contributed by atoms with van der Waals surface area (Å²) in [4.78, 5) is 39.3. The Morgan fingerprint density at radius 1 is 0.844 bits per heavy atom. The van der Waals surface area contributed by atoms with E-state index in [1.54, 1.807) is 12.4 Å². The smallest absolute Gasteiger partial charge is 0.261 e. The van der Waals surface area contributed by atoms with Gasteiger partial charge in [-0.1, -0.05) is 99.6 Å². The van der Waals surface area contributed by atoms with Gasteiger partial charge in [-0.05, 0) is 28.4 Å². The predicted octanol–water partition coefficient (Wildman–Crippen LogP) is 5.16. The lowest BCUT2D eigenvalue weighted by atomic mass is 9.98. The molecule has 0 radical (unpaired) electrons. The van der Waals surface area contributed by atoms with Gasteiger partial charge in [0.15, 0.2) is 5.65 Å². The number of amides is 2. The molecule has 1 aliphatic heterocycles. The van der Waals surface area contributed by atoms with Crippen molar-refractivity contribution in [3.05, 3.63) is 126 Å². The summed E-state index contributed by atoms with van der Waals surface area (Å²) >= 11 is 0. The number of nitrogens with zero attached hydrogens (tertiary/aromatic N) is 3. The number of para-hydroxylation sites is 1. The van der Waals surface area contributed by atoms with E-state index >= 15 is 0 Å². The molecule has 2 amide bonds. The summed E-state index contributed by atoms with van der Waals surface area (Å²) in [7, 11) is -2.81. The average molecular weight is 612 g/mol. The highest BCUT2D eigenvalue weighted by Crippen LogP contribution is 2.38. The Balaban J connectivity index is 1.35. The zero-order valence-corrected chi connectivity index (χ0v) is 26.6. The number of H-pyrrole nitrogens is 1. The molecule has 0 atom stereocenters. The van der Waals surface area contributed by atoms with Crippen molar-refractivity contribution in [1.29, 1.82) is 0 Å². The number of rotatable bonds is 7. The number of imide groups is 1. The van der Waals surface area contributed by atoms with Crippen molar-refractivity contribution in [3.8, 4) is 0 Å². The van der Waals surface area contributed by atoms with Crippen LogP contribution in [0.15, 0.2) is 104 Å². The summed E-state index contributed by atoms with van der Waals surface area (Å²) in [5.41, 5.74) is 4.62. The van der Waals surface area contributed by atoms with Crippen LogP contribution in [0.25, 0.3) is 27.7 Å². The summed E-state index contributed by atoms with van der Waals surface area (Å²) < 4.78 is 8.99. The zero-order valence-electron chi connectivity index (χ0n) is 25.6. The summed E-state index contributed by atoms with van der Waals surface area (Å²) in [5, 5.41) is 5.55. The SMILES string of the molecule is Cc1nc2cnc(CO[Si](c3ccccc3)(c3ccccc3)C(C)(C)C)cn2c1C1=C(c2c[nH]c3ccccc23)C(=O)NC1=O. The molecule has 0 bridgehead atoms. The molecular formula is C36H33N5O3Si. The van der Waals surface area contributed by atoms with Crippen LogP contribution in [0, 0.1) is 6.92 Å². The summed E-state index contributed by atoms with van der Waals surface area (Å²) in [6, 6.07) is 28.7. The molecule has 0 aliphatic carbocycles. The van der Waals surface area contributed by atoms with E-state index in [0.717, 1.165) is 10.9 Å². The number of aromatic amines is 1. The standard InChI is InChI=1S/C36H33N5O3Si/c1-23-33(32-31(34(42)40-35(32)43)28-19-38-29-18-12-11-17-27(28)29)41-21-24(37-20-30(41)39-23)22-44-45(36(2,3)4,25-13-7-5-8-14-25)26-15-9-6-10-16-26/h5-21,38H,22H2,1-4H3,(H,40,42,43). The molecule has 0 saturated heterocycles. The number of imidazole rings is 1. The first-order valence-corrected chi connectivity index (χ1v) is 16.9. The molecule has 3 aromatic heterocycles. The Labute approximate surface area is 261 Å². The van der Waals surface area contributed by atoms with Gasteiger partial charge in [0.1, 0.15) is 0 Å². The van der Waals surface area contributed by atoms with Crippen molar-refractivity contribution in [2.75, 3.05) is 0 Å². The topological polar surface area (TPSA) is 101 Å². The Morgan fingerprint density at radius 3 is 2.13 bits per heavy atom. The number of fused-ring (bicyclic) bond motifs is 2. The monoisotopic (exact) mass is 611 g/mol. The van der Waals surface area contributed by atoms with Gasteiger partial charge < -0.3 is 9.41 Å². The van der Waals surface area contributed by atoms with E-state index in [2.05, 4.69) is 79.6 Å². The van der Waals surface area contributed by atoms with Crippen molar-refractivity contribution in [2.24, 2.45) is 0 Å². The lowest BCUT2D eigenvalue weighted by Gasteiger charge is -2.43. The van der Waals surface area contributed by atoms with E-state index < -0.39 is 20.1 Å². The van der Waals surface area contributed by atoms with Crippen LogP contribution in [-0.4, -0.2) is 39.5 Å². The van der Waals surface area contributed by atoms with Crippen molar-refractivity contribution in [1.82, 2.24) is 24.7 Å². The van der Waals surface area contributed by atoms with Crippen LogP contribution in [0.4, 0.5) is 0 Å². The molecule has 0 unspecified atom stereocenters. The second-order valence-corrected chi connectivity index (χ2v) is 16.7. The molecule has 9 heteroatoms. The first kappa shape index (κ1) is 28.6. The fraction of sp³-hybridized carbons (Fsp3) is 0.167. The van der Waals surface area contributed by atoms with Gasteiger partial charge in [-0.15, -0.1) is 0 Å². The third-order valence-electron chi connectivity index (χ3n) is 8.62. The van der Waals surface area contributed by atoms with Crippen LogP contribution in [0.5, 0.6) is 0 Å². The molecule has 6 aromatic rings. The molecule has 8 nitrogen and oxygen atoms in total. The second kappa shape index (κ2) is 10.8. The fourth-order valence-corrected chi connectivity index (χ4v) is 11.2. The number of carbonyl (C=O) groups excluding carboxylic acids is 2. The third-order valence-corrected chi connectivity index (χ3v) is 13.6. The Bertz CT molecular complexity index is 2090. The zero-order chi connectivity index (χ0) is 31.3. The van der Waals surface area contributed by atoms with Crippen molar-refractivity contribution in [3.63, 3.8) is 0 Å². The lowest BCUT2D eigenvalue weighted by molar-refractivity contribution is -0.122. The quantitative estimate of drug-likeness (QED) is 0.192. The first-order chi connectivity index (χ1) is 21.7. The van der Waals surface area contributed by atoms with E-state index in [-0.39, 0.29) is 11.6 Å². The maximum absolute atomic E-state index is 13.4. The lowest BCUT2D eigenvalue weighted by Crippen LogP contribution is -2.66. The van der Waals surface area contributed by atoms with Crippen LogP contribution < -0.4 is 15.7 Å². The second-order valence-electron chi connectivity index (χ2n) is 12.4. The largest absolute Gasteiger partial charge is 0.401 e. The molecule has 3 aromatic carbocycles. The molecule has 45 heavy (non-hydrogen) atoms. The minimum Gasteiger partial charge on any atom is -0.401 e. The van der Waals surface area contributed by atoms with Gasteiger partial charge in [0, 0.05) is 28.9 Å². The van der Waals surface area contributed by atoms with E-state index in [9.17, 15) is 9.59 Å². The minimum absolute atomic E-state index is 0.197. The highest BCUT2D eigenvalue weighted by molar-refractivity contribution is 6.99. The van der Waals surface area contributed by atoms with Crippen molar-refractivity contribution >= 4 is 58.2 Å². The van der Waals surface area contributed by atoms with Gasteiger partial charge in [-0.25, -0.2) is 4.98 Å². The van der Waals surface area contributed by atoms with Crippen LogP contribution in [0.1, 0.15) is 43.4 Å². The molecule has 0 spiro atoms. The molecule has 1 aliphatic rings. The van der Waals surface area contributed by atoms with Crippen molar-refractivity contribution in [2.45, 2.75) is 39.3 Å². The Hall–Kier alpha value is -5.12. The maximum atomic E-state index is 13.4. The van der Waals surface area contributed by atoms with Crippen LogP contribution in [0.3, 0.4) is 0 Å². The van der Waals surface area contributed by atoms with Crippen molar-refractivity contribution < 1.29 is 14.0 Å². The number of aromatic nitrogens is 4. The molecular weight excluding hydrogens is 579 g/mol. The Morgan fingerprint density at radius 2 is 1.47 bits per heavy atom. The highest BCUT2D eigenvalue weighted by atomic mass is 28.4. The van der Waals surface area contributed by atoms with Gasteiger partial charge in [0.2, 0.25) is 0 Å². The van der Waals surface area contributed by atoms with Crippen LogP contribution in [0.2, 0.25) is 5.04 Å². The van der Waals surface area contributed by atoms with Gasteiger partial charge in [0.05, 0.1) is 41.0 Å². The van der Waals surface area contributed by atoms with Crippen LogP contribution >= 0.6 is 0 Å². The summed E-state index contributed by atoms with van der Waals surface area (Å²) in [5.74, 6) is -0.884. The highest BCUT2D eigenvalue weighted by Gasteiger charge is 2.50. The molecule has 0 saturated carbocycles. The maximum Gasteiger partial charge on any atom is 0.261 e. The van der Waals surface area contributed by atoms with E-state index in [4.69, 9.17) is 14.4 Å². The number of aryl methyl sites for hydroxylation is 1. The fourth-order valence-electron chi connectivity index (χ4n) is 6.65. The number of hydrogen-bond donors (Lipinski definition) is 2. The van der Waals surface area contributed by atoms with E-state index in [1.165, 1.54) is 10.4 Å². The average Bonchev–Trinajstić information content (AvgIpc) is 3.68. The number of benzene rings is 3. The molecule has 224 valence electrons. The molecule has 2 N–H and O–H groups in total. The summed E-state index contributed by atoms with van der Waals surface area (Å²) in [6.45, 7) is 8.81. The number of hydrogen-bond acceptors (Lipinski definition) is 5. The van der Waals surface area contributed by atoms with Crippen LogP contribution in [-0.2, 0) is 20.6 Å². The normalized spacial score (nSPS) is 14.1. The molecule has 4 heterocycles. The number of nitrogens with one attached hydrogen (secondary N) is 2. The minimum atomic E-state index is -2.81. The van der Waals surface area contributed by atoms with Gasteiger partial charge in [0.25, 0.3) is 20.1 Å². The first-order valence-electron chi connectivity index (χ1n) is 14.9. The predicted molar refractivity (Wildman–Crippen MR) is 178 cm³/mol. The van der Waals surface area contributed by atoms with E-state index in [1.807, 2.05) is 53.9 Å². The molecule has 7 rings (SSSR count). The molecule has 0 fully saturated rings.